The van der Waals surface area contributed by atoms with Crippen molar-refractivity contribution in [3.05, 3.63) is 0 Å². The fourth-order valence-electron chi connectivity index (χ4n) is 1.28. The Morgan fingerprint density at radius 1 is 0.394 bits per heavy atom. The smallest absolute Gasteiger partial charge is 0.748 e. The van der Waals surface area contributed by atoms with Crippen LogP contribution in [0.1, 0.15) is 79.1 Å². The molecule has 17 heteroatoms. The van der Waals surface area contributed by atoms with Gasteiger partial charge in [-0.1, -0.05) is 53.4 Å². The third kappa shape index (κ3) is 71.9. The summed E-state index contributed by atoms with van der Waals surface area (Å²) in [6.45, 7) is 7.35. The molecule has 200 valence electrons. The van der Waals surface area contributed by atoms with Gasteiger partial charge in [0.1, 0.15) is 0 Å². The molecule has 0 aliphatic carbocycles. The molecule has 0 radical (unpaired) electrons. The molecule has 33 heavy (non-hydrogen) atoms. The summed E-state index contributed by atoms with van der Waals surface area (Å²) in [5.74, 6) is -0.875. The van der Waals surface area contributed by atoms with Gasteiger partial charge in [-0.25, -0.2) is 33.7 Å². The van der Waals surface area contributed by atoms with E-state index in [1.165, 1.54) is 0 Å². The van der Waals surface area contributed by atoms with Gasteiger partial charge in [-0.2, -0.15) is 0 Å². The minimum absolute atomic E-state index is 0. The fourth-order valence-corrected chi connectivity index (χ4v) is 3.85. The van der Waals surface area contributed by atoms with Gasteiger partial charge in [0.05, 0.1) is 40.5 Å². The van der Waals surface area contributed by atoms with E-state index in [1.807, 2.05) is 27.7 Å². The molecule has 0 N–H and O–H groups in total. The van der Waals surface area contributed by atoms with E-state index in [2.05, 4.69) is 0 Å². The van der Waals surface area contributed by atoms with E-state index in [0.29, 0.717) is 25.7 Å². The van der Waals surface area contributed by atoms with E-state index < -0.39 is 40.5 Å². The maximum atomic E-state index is 9.83. The summed E-state index contributed by atoms with van der Waals surface area (Å²) in [6, 6.07) is 0. The first-order chi connectivity index (χ1) is 14.2. The number of hydrogen-bond donors (Lipinski definition) is 0. The van der Waals surface area contributed by atoms with Gasteiger partial charge in [0.2, 0.25) is 0 Å². The van der Waals surface area contributed by atoms with Crippen LogP contribution < -0.4 is 0 Å². The predicted octanol–water partition coefficient (Wildman–Crippen LogP) is 0.946. The van der Waals surface area contributed by atoms with Gasteiger partial charge in [0.25, 0.3) is 0 Å². The van der Waals surface area contributed by atoms with Crippen LogP contribution in [0.15, 0.2) is 0 Å². The van der Waals surface area contributed by atoms with Gasteiger partial charge in [-0.3, -0.25) is 0 Å². The maximum absolute atomic E-state index is 9.83. The van der Waals surface area contributed by atoms with Crippen molar-refractivity contribution in [1.29, 1.82) is 0 Å². The van der Waals surface area contributed by atoms with Crippen LogP contribution in [-0.4, -0.2) is 98.8 Å². The molecular formula is C16H36O12S4Sn. The predicted molar refractivity (Wildman–Crippen MR) is 124 cm³/mol. The normalized spacial score (nSPS) is 11.4. The third-order valence-corrected chi connectivity index (χ3v) is 6.15. The van der Waals surface area contributed by atoms with E-state index in [9.17, 15) is 51.9 Å². The van der Waals surface area contributed by atoms with Crippen LogP contribution >= 0.6 is 0 Å². The molecule has 0 aliphatic heterocycles. The van der Waals surface area contributed by atoms with Gasteiger partial charge >= 0.3 is 23.9 Å². The van der Waals surface area contributed by atoms with E-state index in [-0.39, 0.29) is 46.9 Å². The first kappa shape index (κ1) is 43.5. The topological polar surface area (TPSA) is 229 Å². The quantitative estimate of drug-likeness (QED) is 0.209. The summed E-state index contributed by atoms with van der Waals surface area (Å²) < 4.78 is 118. The molecule has 0 bridgehead atoms. The summed E-state index contributed by atoms with van der Waals surface area (Å²) in [7, 11) is -15.7. The van der Waals surface area contributed by atoms with E-state index in [0.717, 1.165) is 25.7 Å². The standard InChI is InChI=1S/4C4H10O3S.Sn/c4*1-2-3-4-8(5,6)7;/h4*2-4H2,1H3,(H,5,6,7);/q;;;;+4/p-4. The first-order valence-corrected chi connectivity index (χ1v) is 16.3. The second kappa shape index (κ2) is 24.1. The summed E-state index contributed by atoms with van der Waals surface area (Å²) in [6.07, 6.45) is 4.92. The third-order valence-electron chi connectivity index (χ3n) is 2.99. The minimum Gasteiger partial charge on any atom is -0.748 e. The van der Waals surface area contributed by atoms with Crippen LogP contribution in [0, 0.1) is 0 Å². The molecule has 0 saturated heterocycles. The molecule has 0 aromatic carbocycles. The Labute approximate surface area is 217 Å². The molecule has 0 aliphatic rings. The van der Waals surface area contributed by atoms with Gasteiger partial charge in [0, 0.05) is 23.0 Å². The zero-order valence-electron chi connectivity index (χ0n) is 19.5. The van der Waals surface area contributed by atoms with Crippen molar-refractivity contribution in [2.75, 3.05) is 23.0 Å². The average Bonchev–Trinajstić information content (AvgIpc) is 2.60. The number of hydrogen-bond acceptors (Lipinski definition) is 12. The zero-order chi connectivity index (χ0) is 26.5. The summed E-state index contributed by atoms with van der Waals surface area (Å²) >= 11 is 0. The Balaban J connectivity index is -0.000000105. The monoisotopic (exact) mass is 668 g/mol. The van der Waals surface area contributed by atoms with E-state index >= 15 is 0 Å². The molecule has 0 fully saturated rings. The molecule has 0 aromatic heterocycles. The van der Waals surface area contributed by atoms with Crippen LogP contribution in [-0.2, 0) is 40.5 Å². The average molecular weight is 667 g/mol. The van der Waals surface area contributed by atoms with Crippen LogP contribution in [0.3, 0.4) is 0 Å². The zero-order valence-corrected chi connectivity index (χ0v) is 25.6. The van der Waals surface area contributed by atoms with Gasteiger partial charge < -0.3 is 18.2 Å². The Bertz CT molecular complexity index is 692. The number of rotatable bonds is 12. The summed E-state index contributed by atoms with van der Waals surface area (Å²) in [4.78, 5) is 0. The van der Waals surface area contributed by atoms with Crippen molar-refractivity contribution in [2.45, 2.75) is 79.1 Å². The molecule has 0 spiro atoms. The molecule has 0 rings (SSSR count). The van der Waals surface area contributed by atoms with Gasteiger partial charge in [-0.05, 0) is 25.7 Å². The SMILES string of the molecule is CCCCS(=O)(=O)[O-].CCCCS(=O)(=O)[O-].CCCCS(=O)(=O)[O-].CCCCS(=O)(=O)[O-].[Sn+4]. The van der Waals surface area contributed by atoms with E-state index in [1.54, 1.807) is 0 Å². The molecule has 0 amide bonds. The largest absolute Gasteiger partial charge is 4.00 e. The molecule has 0 atom stereocenters. The fraction of sp³-hybridized carbons (Fsp3) is 1.00. The van der Waals surface area contributed by atoms with Crippen molar-refractivity contribution in [3.8, 4) is 0 Å². The Morgan fingerprint density at radius 3 is 0.545 bits per heavy atom. The Hall–Kier alpha value is 0.439. The maximum Gasteiger partial charge on any atom is 4.00 e. The van der Waals surface area contributed by atoms with Crippen LogP contribution in [0.2, 0.25) is 0 Å². The van der Waals surface area contributed by atoms with Crippen LogP contribution in [0.4, 0.5) is 0 Å². The summed E-state index contributed by atoms with van der Waals surface area (Å²) in [5, 5.41) is 0. The van der Waals surface area contributed by atoms with Crippen molar-refractivity contribution >= 4 is 64.4 Å². The van der Waals surface area contributed by atoms with Crippen molar-refractivity contribution in [1.82, 2.24) is 0 Å². The van der Waals surface area contributed by atoms with Crippen molar-refractivity contribution in [2.24, 2.45) is 0 Å². The first-order valence-electron chi connectivity index (χ1n) is 9.98. The molecule has 0 heterocycles. The van der Waals surface area contributed by atoms with Crippen LogP contribution in [0.5, 0.6) is 0 Å². The molecular weight excluding hydrogens is 631 g/mol. The van der Waals surface area contributed by atoms with Crippen LogP contribution in [0.25, 0.3) is 0 Å². The molecule has 12 nitrogen and oxygen atoms in total. The van der Waals surface area contributed by atoms with Gasteiger partial charge in [0.15, 0.2) is 0 Å². The second-order valence-corrected chi connectivity index (χ2v) is 12.6. The van der Waals surface area contributed by atoms with Crippen molar-refractivity contribution < 1.29 is 51.9 Å². The number of unbranched alkanes of at least 4 members (excludes halogenated alkanes) is 4. The summed E-state index contributed by atoms with van der Waals surface area (Å²) in [5.41, 5.74) is 0. The van der Waals surface area contributed by atoms with Gasteiger partial charge in [-0.15, -0.1) is 0 Å². The second-order valence-electron chi connectivity index (χ2n) is 6.46. The Morgan fingerprint density at radius 2 is 0.515 bits per heavy atom. The minimum atomic E-state index is -3.94. The molecule has 0 aromatic rings. The van der Waals surface area contributed by atoms with E-state index in [4.69, 9.17) is 0 Å². The van der Waals surface area contributed by atoms with Crippen molar-refractivity contribution in [3.63, 3.8) is 0 Å². The molecule has 0 saturated carbocycles. The Kier molecular flexibility index (Phi) is 31.8. The molecule has 0 unspecified atom stereocenters.